The molecule has 0 fully saturated rings. The predicted molar refractivity (Wildman–Crippen MR) is 57.6 cm³/mol. The van der Waals surface area contributed by atoms with Crippen LogP contribution in [0.2, 0.25) is 5.02 Å². The lowest BCUT2D eigenvalue weighted by Crippen LogP contribution is -1.86. The predicted octanol–water partition coefficient (Wildman–Crippen LogP) is 3.19. The Morgan fingerprint density at radius 1 is 1.54 bits per heavy atom. The Morgan fingerprint density at radius 3 is 2.85 bits per heavy atom. The van der Waals surface area contributed by atoms with E-state index >= 15 is 0 Å². The van der Waals surface area contributed by atoms with Gasteiger partial charge in [0.05, 0.1) is 5.02 Å². The maximum atomic E-state index is 10.1. The molecular formula is C10H11ClOS. The molecule has 1 nitrogen and oxygen atoms in total. The van der Waals surface area contributed by atoms with Crippen LogP contribution in [0.25, 0.3) is 0 Å². The summed E-state index contributed by atoms with van der Waals surface area (Å²) in [6, 6.07) is 5.94. The Hall–Kier alpha value is -0.470. The maximum absolute atomic E-state index is 10.1. The van der Waals surface area contributed by atoms with Gasteiger partial charge in [-0.05, 0) is 30.4 Å². The van der Waals surface area contributed by atoms with E-state index in [2.05, 4.69) is 0 Å². The van der Waals surface area contributed by atoms with Crippen molar-refractivity contribution in [1.82, 2.24) is 0 Å². The van der Waals surface area contributed by atoms with Crippen molar-refractivity contribution in [2.75, 3.05) is 6.26 Å². The minimum atomic E-state index is 0.564. The molecule has 0 spiro atoms. The molecule has 1 aromatic rings. The van der Waals surface area contributed by atoms with E-state index < -0.39 is 0 Å². The molecule has 70 valence electrons. The maximum Gasteiger partial charge on any atom is 0.120 e. The van der Waals surface area contributed by atoms with Crippen molar-refractivity contribution in [2.45, 2.75) is 17.7 Å². The van der Waals surface area contributed by atoms with Gasteiger partial charge in [-0.1, -0.05) is 17.7 Å². The molecule has 0 aromatic heterocycles. The first-order chi connectivity index (χ1) is 6.27. The highest BCUT2D eigenvalue weighted by atomic mass is 35.5. The standard InChI is InChI=1S/C10H11ClOS/c1-13-10-5-4-8(3-2-6-12)7-9(10)11/h4-7H,2-3H2,1H3. The van der Waals surface area contributed by atoms with E-state index in [1.807, 2.05) is 24.5 Å². The Morgan fingerprint density at radius 2 is 2.31 bits per heavy atom. The van der Waals surface area contributed by atoms with Gasteiger partial charge < -0.3 is 4.79 Å². The number of benzene rings is 1. The lowest BCUT2D eigenvalue weighted by atomic mass is 10.1. The molecule has 0 bridgehead atoms. The van der Waals surface area contributed by atoms with E-state index in [-0.39, 0.29) is 0 Å². The zero-order valence-electron chi connectivity index (χ0n) is 7.42. The van der Waals surface area contributed by atoms with Gasteiger partial charge in [-0.15, -0.1) is 11.8 Å². The van der Waals surface area contributed by atoms with Gasteiger partial charge in [0.15, 0.2) is 0 Å². The van der Waals surface area contributed by atoms with E-state index in [1.165, 1.54) is 0 Å². The molecule has 0 aliphatic carbocycles. The molecule has 3 heteroatoms. The number of rotatable bonds is 4. The third kappa shape index (κ3) is 3.05. The zero-order valence-corrected chi connectivity index (χ0v) is 8.99. The van der Waals surface area contributed by atoms with Crippen molar-refractivity contribution in [2.24, 2.45) is 0 Å². The Bertz CT molecular complexity index is 299. The molecule has 0 aliphatic heterocycles. The number of thioether (sulfide) groups is 1. The van der Waals surface area contributed by atoms with Gasteiger partial charge in [0.2, 0.25) is 0 Å². The topological polar surface area (TPSA) is 17.1 Å². The lowest BCUT2D eigenvalue weighted by Gasteiger charge is -2.02. The summed E-state index contributed by atoms with van der Waals surface area (Å²) in [5.74, 6) is 0. The van der Waals surface area contributed by atoms with Crippen LogP contribution in [0.4, 0.5) is 0 Å². The number of carbonyl (C=O) groups is 1. The van der Waals surface area contributed by atoms with Crippen molar-refractivity contribution in [3.8, 4) is 0 Å². The van der Waals surface area contributed by atoms with Gasteiger partial charge >= 0.3 is 0 Å². The number of aryl methyl sites for hydroxylation is 1. The van der Waals surface area contributed by atoms with Gasteiger partial charge in [0, 0.05) is 11.3 Å². The van der Waals surface area contributed by atoms with Crippen molar-refractivity contribution >= 4 is 29.6 Å². The van der Waals surface area contributed by atoms with E-state index in [4.69, 9.17) is 11.6 Å². The van der Waals surface area contributed by atoms with Crippen LogP contribution < -0.4 is 0 Å². The van der Waals surface area contributed by atoms with Crippen LogP contribution in [0.5, 0.6) is 0 Å². The normalized spacial score (nSPS) is 10.0. The van der Waals surface area contributed by atoms with Crippen LogP contribution in [0.15, 0.2) is 23.1 Å². The summed E-state index contributed by atoms with van der Waals surface area (Å²) in [7, 11) is 0. The third-order valence-electron chi connectivity index (χ3n) is 1.77. The number of hydrogen-bond donors (Lipinski definition) is 0. The van der Waals surface area contributed by atoms with Crippen LogP contribution in [0.3, 0.4) is 0 Å². The van der Waals surface area contributed by atoms with E-state index in [0.717, 1.165) is 28.2 Å². The van der Waals surface area contributed by atoms with Crippen LogP contribution in [-0.4, -0.2) is 12.5 Å². The molecule has 0 atom stereocenters. The minimum Gasteiger partial charge on any atom is -0.303 e. The highest BCUT2D eigenvalue weighted by Crippen LogP contribution is 2.26. The molecule has 0 unspecified atom stereocenters. The number of hydrogen-bond acceptors (Lipinski definition) is 2. The first kappa shape index (κ1) is 10.6. The van der Waals surface area contributed by atoms with Crippen LogP contribution in [0, 0.1) is 0 Å². The average molecular weight is 215 g/mol. The number of aldehydes is 1. The van der Waals surface area contributed by atoms with Gasteiger partial charge in [0.25, 0.3) is 0 Å². The van der Waals surface area contributed by atoms with Crippen LogP contribution in [-0.2, 0) is 11.2 Å². The first-order valence-corrected chi connectivity index (χ1v) is 5.64. The van der Waals surface area contributed by atoms with Crippen molar-refractivity contribution in [3.05, 3.63) is 28.8 Å². The fourth-order valence-electron chi connectivity index (χ4n) is 1.09. The molecule has 13 heavy (non-hydrogen) atoms. The van der Waals surface area contributed by atoms with Crippen molar-refractivity contribution < 1.29 is 4.79 Å². The summed E-state index contributed by atoms with van der Waals surface area (Å²) in [6.45, 7) is 0. The summed E-state index contributed by atoms with van der Waals surface area (Å²) in [6.07, 6.45) is 4.26. The summed E-state index contributed by atoms with van der Waals surface area (Å²) in [5, 5.41) is 0.774. The summed E-state index contributed by atoms with van der Waals surface area (Å²) >= 11 is 7.63. The largest absolute Gasteiger partial charge is 0.303 e. The molecule has 0 radical (unpaired) electrons. The van der Waals surface area contributed by atoms with E-state index in [0.29, 0.717) is 6.42 Å². The Balaban J connectivity index is 2.76. The zero-order chi connectivity index (χ0) is 9.68. The molecular weight excluding hydrogens is 204 g/mol. The van der Waals surface area contributed by atoms with Crippen molar-refractivity contribution in [3.63, 3.8) is 0 Å². The Labute approximate surface area is 87.5 Å². The van der Waals surface area contributed by atoms with E-state index in [1.54, 1.807) is 11.8 Å². The summed E-state index contributed by atoms with van der Waals surface area (Å²) < 4.78 is 0. The number of carbonyl (C=O) groups excluding carboxylic acids is 1. The highest BCUT2D eigenvalue weighted by molar-refractivity contribution is 7.98. The Kier molecular flexibility index (Phi) is 4.33. The quantitative estimate of drug-likeness (QED) is 0.566. The second-order valence-electron chi connectivity index (χ2n) is 2.67. The van der Waals surface area contributed by atoms with Crippen LogP contribution >= 0.6 is 23.4 Å². The molecule has 0 amide bonds. The molecule has 0 N–H and O–H groups in total. The molecule has 0 aliphatic rings. The van der Waals surface area contributed by atoms with Gasteiger partial charge in [-0.25, -0.2) is 0 Å². The molecule has 1 aromatic carbocycles. The molecule has 0 saturated heterocycles. The molecule has 0 saturated carbocycles. The van der Waals surface area contributed by atoms with Gasteiger partial charge in [-0.2, -0.15) is 0 Å². The first-order valence-electron chi connectivity index (χ1n) is 4.04. The van der Waals surface area contributed by atoms with E-state index in [9.17, 15) is 4.79 Å². The SMILES string of the molecule is CSc1ccc(CCC=O)cc1Cl. The summed E-state index contributed by atoms with van der Waals surface area (Å²) in [4.78, 5) is 11.2. The fourth-order valence-corrected chi connectivity index (χ4v) is 1.98. The average Bonchev–Trinajstić information content (AvgIpc) is 2.15. The third-order valence-corrected chi connectivity index (χ3v) is 2.99. The van der Waals surface area contributed by atoms with Gasteiger partial charge in [-0.3, -0.25) is 0 Å². The van der Waals surface area contributed by atoms with Crippen molar-refractivity contribution in [1.29, 1.82) is 0 Å². The second-order valence-corrected chi connectivity index (χ2v) is 3.93. The number of halogens is 1. The van der Waals surface area contributed by atoms with Gasteiger partial charge in [0.1, 0.15) is 6.29 Å². The molecule has 0 heterocycles. The highest BCUT2D eigenvalue weighted by Gasteiger charge is 1.99. The lowest BCUT2D eigenvalue weighted by molar-refractivity contribution is -0.107. The fraction of sp³-hybridized carbons (Fsp3) is 0.300. The molecule has 1 rings (SSSR count). The summed E-state index contributed by atoms with van der Waals surface area (Å²) in [5.41, 5.74) is 1.12. The minimum absolute atomic E-state index is 0.564. The smallest absolute Gasteiger partial charge is 0.120 e. The van der Waals surface area contributed by atoms with Crippen LogP contribution in [0.1, 0.15) is 12.0 Å². The second kappa shape index (κ2) is 5.30. The monoisotopic (exact) mass is 214 g/mol.